The molecule has 0 bridgehead atoms. The lowest BCUT2D eigenvalue weighted by atomic mass is 10.0. The molecule has 1 N–H and O–H groups in total. The zero-order chi connectivity index (χ0) is 12.5. The highest BCUT2D eigenvalue weighted by molar-refractivity contribution is 9.10. The summed E-state index contributed by atoms with van der Waals surface area (Å²) in [6.07, 6.45) is 5.31. The number of nitrogens with one attached hydrogen (secondary N) is 1. The summed E-state index contributed by atoms with van der Waals surface area (Å²) >= 11 is 3.65. The number of aryl methyl sites for hydroxylation is 2. The zero-order valence-electron chi connectivity index (χ0n) is 11.0. The fraction of sp³-hybridized carbons (Fsp3) is 0.769. The lowest BCUT2D eigenvalue weighted by molar-refractivity contribution is 0.355. The van der Waals surface area contributed by atoms with E-state index < -0.39 is 0 Å². The molecule has 1 fully saturated rings. The van der Waals surface area contributed by atoms with E-state index in [-0.39, 0.29) is 0 Å². The summed E-state index contributed by atoms with van der Waals surface area (Å²) in [6.45, 7) is 8.37. The molecule has 0 radical (unpaired) electrons. The van der Waals surface area contributed by atoms with Crippen molar-refractivity contribution in [3.63, 3.8) is 0 Å². The van der Waals surface area contributed by atoms with Gasteiger partial charge < -0.3 is 5.32 Å². The van der Waals surface area contributed by atoms with E-state index in [1.54, 1.807) is 0 Å². The Hall–Kier alpha value is -0.350. The Bertz CT molecular complexity index is 392. The molecule has 0 atom stereocenters. The van der Waals surface area contributed by atoms with Crippen LogP contribution in [0.2, 0.25) is 0 Å². The molecule has 0 saturated heterocycles. The van der Waals surface area contributed by atoms with Crippen molar-refractivity contribution < 1.29 is 0 Å². The summed E-state index contributed by atoms with van der Waals surface area (Å²) in [6, 6.07) is 0. The third-order valence-corrected chi connectivity index (χ3v) is 4.87. The second kappa shape index (κ2) is 5.11. The van der Waals surface area contributed by atoms with Crippen LogP contribution in [0, 0.1) is 6.92 Å². The number of hydrogen-bond acceptors (Lipinski definition) is 2. The minimum Gasteiger partial charge on any atom is -0.306 e. The second-order valence-electron chi connectivity index (χ2n) is 5.28. The van der Waals surface area contributed by atoms with E-state index in [4.69, 9.17) is 0 Å². The predicted octanol–water partition coefficient (Wildman–Crippen LogP) is 3.40. The topological polar surface area (TPSA) is 29.9 Å². The number of rotatable bonds is 4. The zero-order valence-corrected chi connectivity index (χ0v) is 12.6. The van der Waals surface area contributed by atoms with Crippen LogP contribution in [0.1, 0.15) is 50.9 Å². The van der Waals surface area contributed by atoms with E-state index in [2.05, 4.69) is 51.8 Å². The van der Waals surface area contributed by atoms with Gasteiger partial charge in [-0.05, 0) is 49.5 Å². The maximum absolute atomic E-state index is 4.53. The Morgan fingerprint density at radius 2 is 2.06 bits per heavy atom. The number of aromatic nitrogens is 2. The molecule has 0 amide bonds. The third kappa shape index (κ3) is 2.74. The Morgan fingerprint density at radius 3 is 2.65 bits per heavy atom. The molecule has 1 saturated carbocycles. The van der Waals surface area contributed by atoms with Crippen LogP contribution >= 0.6 is 15.9 Å². The molecular weight excluding hydrogens is 278 g/mol. The van der Waals surface area contributed by atoms with Gasteiger partial charge in [-0.2, -0.15) is 5.10 Å². The van der Waals surface area contributed by atoms with Crippen LogP contribution in [0.15, 0.2) is 4.47 Å². The summed E-state index contributed by atoms with van der Waals surface area (Å²) in [7, 11) is 0. The van der Waals surface area contributed by atoms with E-state index in [1.807, 2.05) is 0 Å². The average Bonchev–Trinajstić information content (AvgIpc) is 2.84. The third-order valence-electron chi connectivity index (χ3n) is 3.84. The lowest BCUT2D eigenvalue weighted by Gasteiger charge is -2.25. The molecule has 1 aliphatic rings. The van der Waals surface area contributed by atoms with Gasteiger partial charge in [0.15, 0.2) is 0 Å². The fourth-order valence-corrected chi connectivity index (χ4v) is 3.09. The van der Waals surface area contributed by atoms with Crippen molar-refractivity contribution in [1.82, 2.24) is 15.1 Å². The van der Waals surface area contributed by atoms with Gasteiger partial charge in [-0.15, -0.1) is 0 Å². The van der Waals surface area contributed by atoms with Crippen LogP contribution in [-0.2, 0) is 13.1 Å². The maximum Gasteiger partial charge on any atom is 0.0739 e. The monoisotopic (exact) mass is 299 g/mol. The van der Waals surface area contributed by atoms with Crippen molar-refractivity contribution in [2.24, 2.45) is 0 Å². The molecule has 0 aromatic carbocycles. The van der Waals surface area contributed by atoms with Gasteiger partial charge in [0.1, 0.15) is 0 Å². The van der Waals surface area contributed by atoms with Crippen LogP contribution in [0.4, 0.5) is 0 Å². The van der Waals surface area contributed by atoms with Crippen molar-refractivity contribution in [2.75, 3.05) is 0 Å². The second-order valence-corrected chi connectivity index (χ2v) is 6.08. The van der Waals surface area contributed by atoms with Gasteiger partial charge in [0.25, 0.3) is 0 Å². The molecule has 0 aliphatic heterocycles. The quantitative estimate of drug-likeness (QED) is 0.923. The van der Waals surface area contributed by atoms with Gasteiger partial charge in [0.2, 0.25) is 0 Å². The molecule has 3 nitrogen and oxygen atoms in total. The van der Waals surface area contributed by atoms with Crippen LogP contribution < -0.4 is 5.32 Å². The highest BCUT2D eigenvalue weighted by atomic mass is 79.9. The highest BCUT2D eigenvalue weighted by Gasteiger charge is 2.28. The number of halogens is 1. The molecule has 0 spiro atoms. The van der Waals surface area contributed by atoms with Crippen LogP contribution in [0.3, 0.4) is 0 Å². The van der Waals surface area contributed by atoms with Crippen molar-refractivity contribution in [1.29, 1.82) is 0 Å². The molecule has 4 heteroatoms. The molecule has 1 heterocycles. The first kappa shape index (κ1) is 13.1. The first-order valence-electron chi connectivity index (χ1n) is 6.52. The Labute approximate surface area is 112 Å². The average molecular weight is 300 g/mol. The summed E-state index contributed by atoms with van der Waals surface area (Å²) in [4.78, 5) is 0. The van der Waals surface area contributed by atoms with Crippen molar-refractivity contribution in [3.8, 4) is 0 Å². The van der Waals surface area contributed by atoms with Gasteiger partial charge in [-0.25, -0.2) is 0 Å². The molecule has 2 rings (SSSR count). The Balaban J connectivity index is 2.08. The lowest BCUT2D eigenvalue weighted by Crippen LogP contribution is -2.39. The van der Waals surface area contributed by atoms with Gasteiger partial charge in [0.05, 0.1) is 15.9 Å². The number of hydrogen-bond donors (Lipinski definition) is 1. The predicted molar refractivity (Wildman–Crippen MR) is 74.1 cm³/mol. The van der Waals surface area contributed by atoms with Gasteiger partial charge in [-0.1, -0.05) is 12.8 Å². The van der Waals surface area contributed by atoms with Crippen molar-refractivity contribution in [3.05, 3.63) is 15.9 Å². The smallest absolute Gasteiger partial charge is 0.0739 e. The normalized spacial score (nSPS) is 18.8. The van der Waals surface area contributed by atoms with Crippen LogP contribution in [0.25, 0.3) is 0 Å². The molecule has 96 valence electrons. The molecule has 1 aliphatic carbocycles. The van der Waals surface area contributed by atoms with Crippen molar-refractivity contribution >= 4 is 15.9 Å². The fourth-order valence-electron chi connectivity index (χ4n) is 2.67. The minimum absolute atomic E-state index is 0.330. The van der Waals surface area contributed by atoms with Crippen LogP contribution in [0.5, 0.6) is 0 Å². The highest BCUT2D eigenvalue weighted by Crippen LogP contribution is 2.30. The molecule has 1 aromatic rings. The van der Waals surface area contributed by atoms with Crippen LogP contribution in [-0.4, -0.2) is 15.3 Å². The van der Waals surface area contributed by atoms with E-state index in [1.165, 1.54) is 31.4 Å². The molecule has 0 unspecified atom stereocenters. The largest absolute Gasteiger partial charge is 0.306 e. The standard InChI is InChI=1S/C13H22BrN3/c1-4-17-11(12(14)10(2)16-17)9-15-13(3)7-5-6-8-13/h15H,4-9H2,1-3H3. The Morgan fingerprint density at radius 1 is 1.41 bits per heavy atom. The molecule has 1 aromatic heterocycles. The molecule has 17 heavy (non-hydrogen) atoms. The first-order valence-corrected chi connectivity index (χ1v) is 7.32. The number of nitrogens with zero attached hydrogens (tertiary/aromatic N) is 2. The van der Waals surface area contributed by atoms with E-state index in [9.17, 15) is 0 Å². The van der Waals surface area contributed by atoms with Gasteiger partial charge in [-0.3, -0.25) is 4.68 Å². The minimum atomic E-state index is 0.330. The van der Waals surface area contributed by atoms with E-state index in [0.717, 1.165) is 23.3 Å². The van der Waals surface area contributed by atoms with E-state index >= 15 is 0 Å². The Kier molecular flexibility index (Phi) is 3.93. The SMILES string of the molecule is CCn1nc(C)c(Br)c1CNC1(C)CCCC1. The van der Waals surface area contributed by atoms with Gasteiger partial charge in [0, 0.05) is 18.6 Å². The summed E-state index contributed by atoms with van der Waals surface area (Å²) in [5, 5.41) is 8.24. The maximum atomic E-state index is 4.53. The van der Waals surface area contributed by atoms with Crippen molar-refractivity contribution in [2.45, 2.75) is 65.1 Å². The summed E-state index contributed by atoms with van der Waals surface area (Å²) < 4.78 is 3.25. The summed E-state index contributed by atoms with van der Waals surface area (Å²) in [5.41, 5.74) is 2.69. The van der Waals surface area contributed by atoms with Gasteiger partial charge >= 0.3 is 0 Å². The van der Waals surface area contributed by atoms with E-state index in [0.29, 0.717) is 5.54 Å². The first-order chi connectivity index (χ1) is 8.06. The summed E-state index contributed by atoms with van der Waals surface area (Å²) in [5.74, 6) is 0. The molecular formula is C13H22BrN3.